The van der Waals surface area contributed by atoms with Crippen LogP contribution in [0.3, 0.4) is 0 Å². The molecule has 0 radical (unpaired) electrons. The van der Waals surface area contributed by atoms with E-state index < -0.39 is 16.0 Å². The molecule has 0 bridgehead atoms. The lowest BCUT2D eigenvalue weighted by Crippen LogP contribution is -2.40. The number of nitrogens with zero attached hydrogens (tertiary/aromatic N) is 1. The summed E-state index contributed by atoms with van der Waals surface area (Å²) in [4.78, 5) is 13.0. The summed E-state index contributed by atoms with van der Waals surface area (Å²) in [6.45, 7) is 0.411. The molecule has 0 spiro atoms. The third kappa shape index (κ3) is 3.26. The standard InChI is InChI=1S/C21H19NO4S2/c1-26-21(23)16-7-9-17(10-8-16)28(24,25)22-13-11-19-18(12-14-27-19)20(22)15-5-3-2-4-6-15/h2-10,12,14,20H,11,13H2,1H3. The molecule has 5 nitrogen and oxygen atoms in total. The Morgan fingerprint density at radius 2 is 1.79 bits per heavy atom. The van der Waals surface area contributed by atoms with Crippen molar-refractivity contribution in [2.24, 2.45) is 0 Å². The van der Waals surface area contributed by atoms with Crippen molar-refractivity contribution < 1.29 is 17.9 Å². The quantitative estimate of drug-likeness (QED) is 0.609. The molecule has 7 heteroatoms. The number of thiophene rings is 1. The maximum absolute atomic E-state index is 13.5. The Morgan fingerprint density at radius 1 is 1.07 bits per heavy atom. The fourth-order valence-electron chi connectivity index (χ4n) is 3.55. The van der Waals surface area contributed by atoms with Crippen molar-refractivity contribution in [2.45, 2.75) is 17.4 Å². The predicted molar refractivity (Wildman–Crippen MR) is 108 cm³/mol. The van der Waals surface area contributed by atoms with Gasteiger partial charge < -0.3 is 4.74 Å². The van der Waals surface area contributed by atoms with Gasteiger partial charge in [0.2, 0.25) is 10.0 Å². The minimum atomic E-state index is -3.74. The monoisotopic (exact) mass is 413 g/mol. The van der Waals surface area contributed by atoms with E-state index in [1.54, 1.807) is 15.6 Å². The van der Waals surface area contributed by atoms with E-state index in [-0.39, 0.29) is 10.9 Å². The van der Waals surface area contributed by atoms with Crippen molar-refractivity contribution in [2.75, 3.05) is 13.7 Å². The first-order valence-electron chi connectivity index (χ1n) is 8.84. The van der Waals surface area contributed by atoms with Crippen LogP contribution in [0.25, 0.3) is 0 Å². The Balaban J connectivity index is 1.77. The fourth-order valence-corrected chi connectivity index (χ4v) is 6.05. The zero-order chi connectivity index (χ0) is 19.7. The summed E-state index contributed by atoms with van der Waals surface area (Å²) < 4.78 is 33.2. The van der Waals surface area contributed by atoms with Gasteiger partial charge in [0.25, 0.3) is 0 Å². The first kappa shape index (κ1) is 18.9. The van der Waals surface area contributed by atoms with Crippen LogP contribution >= 0.6 is 11.3 Å². The van der Waals surface area contributed by atoms with Crippen LogP contribution in [-0.2, 0) is 21.2 Å². The zero-order valence-electron chi connectivity index (χ0n) is 15.2. The number of benzene rings is 2. The highest BCUT2D eigenvalue weighted by molar-refractivity contribution is 7.89. The van der Waals surface area contributed by atoms with Crippen molar-refractivity contribution in [1.29, 1.82) is 0 Å². The molecule has 3 aromatic rings. The van der Waals surface area contributed by atoms with Gasteiger partial charge in [-0.15, -0.1) is 11.3 Å². The summed E-state index contributed by atoms with van der Waals surface area (Å²) in [5.74, 6) is -0.494. The molecule has 4 rings (SSSR count). The summed E-state index contributed by atoms with van der Waals surface area (Å²) in [7, 11) is -2.45. The first-order chi connectivity index (χ1) is 13.5. The van der Waals surface area contributed by atoms with Gasteiger partial charge in [0, 0.05) is 11.4 Å². The number of methoxy groups -OCH3 is 1. The Kier molecular flexibility index (Phi) is 5.05. The lowest BCUT2D eigenvalue weighted by molar-refractivity contribution is 0.0600. The highest BCUT2D eigenvalue weighted by atomic mass is 32.2. The molecular weight excluding hydrogens is 394 g/mol. The number of sulfonamides is 1. The molecular formula is C21H19NO4S2. The molecule has 0 amide bonds. The van der Waals surface area contributed by atoms with E-state index in [1.165, 1.54) is 36.3 Å². The minimum Gasteiger partial charge on any atom is -0.465 e. The van der Waals surface area contributed by atoms with E-state index in [9.17, 15) is 13.2 Å². The Hall–Kier alpha value is -2.48. The van der Waals surface area contributed by atoms with Crippen LogP contribution < -0.4 is 0 Å². The molecule has 0 aliphatic carbocycles. The average Bonchev–Trinajstić information content (AvgIpc) is 3.22. The van der Waals surface area contributed by atoms with E-state index in [0.717, 1.165) is 11.1 Å². The lowest BCUT2D eigenvalue weighted by Gasteiger charge is -2.35. The SMILES string of the molecule is COC(=O)c1ccc(S(=O)(=O)N2CCc3sccc3C2c2ccccc2)cc1. The van der Waals surface area contributed by atoms with Gasteiger partial charge in [0.15, 0.2) is 0 Å². The largest absolute Gasteiger partial charge is 0.465 e. The van der Waals surface area contributed by atoms with E-state index in [2.05, 4.69) is 4.74 Å². The first-order valence-corrected chi connectivity index (χ1v) is 11.2. The van der Waals surface area contributed by atoms with Gasteiger partial charge in [-0.1, -0.05) is 30.3 Å². The topological polar surface area (TPSA) is 63.7 Å². The second kappa shape index (κ2) is 7.50. The molecule has 2 aromatic carbocycles. The van der Waals surface area contributed by atoms with E-state index in [1.807, 2.05) is 41.8 Å². The van der Waals surface area contributed by atoms with Crippen LogP contribution in [0.15, 0.2) is 70.9 Å². The molecule has 0 saturated heterocycles. The number of hydrogen-bond donors (Lipinski definition) is 0. The maximum Gasteiger partial charge on any atom is 0.337 e. The molecule has 0 N–H and O–H groups in total. The smallest absolute Gasteiger partial charge is 0.337 e. The number of fused-ring (bicyclic) bond motifs is 1. The van der Waals surface area contributed by atoms with Crippen LogP contribution in [0.1, 0.15) is 32.4 Å². The van der Waals surface area contributed by atoms with Gasteiger partial charge in [-0.05, 0) is 53.3 Å². The van der Waals surface area contributed by atoms with Gasteiger partial charge >= 0.3 is 5.97 Å². The molecule has 1 atom stereocenters. The molecule has 1 aliphatic heterocycles. The summed E-state index contributed by atoms with van der Waals surface area (Å²) in [5, 5.41) is 2.02. The Morgan fingerprint density at radius 3 is 2.46 bits per heavy atom. The molecule has 1 aliphatic rings. The van der Waals surface area contributed by atoms with E-state index >= 15 is 0 Å². The van der Waals surface area contributed by atoms with Gasteiger partial charge in [-0.25, -0.2) is 13.2 Å². The lowest BCUT2D eigenvalue weighted by atomic mass is 9.95. The van der Waals surface area contributed by atoms with E-state index in [4.69, 9.17) is 0 Å². The average molecular weight is 414 g/mol. The summed E-state index contributed by atoms with van der Waals surface area (Å²) >= 11 is 1.67. The summed E-state index contributed by atoms with van der Waals surface area (Å²) in [6, 6.07) is 17.2. The van der Waals surface area contributed by atoms with Gasteiger partial charge in [-0.3, -0.25) is 0 Å². The predicted octanol–water partition coefficient (Wildman–Crippen LogP) is 3.87. The van der Waals surface area contributed by atoms with Crippen molar-refractivity contribution in [3.8, 4) is 0 Å². The molecule has 28 heavy (non-hydrogen) atoms. The highest BCUT2D eigenvalue weighted by Gasteiger charge is 2.37. The van der Waals surface area contributed by atoms with Crippen LogP contribution in [0.5, 0.6) is 0 Å². The zero-order valence-corrected chi connectivity index (χ0v) is 16.9. The molecule has 1 aromatic heterocycles. The Labute approximate surface area is 168 Å². The fraction of sp³-hybridized carbons (Fsp3) is 0.190. The highest BCUT2D eigenvalue weighted by Crippen LogP contribution is 2.40. The number of carbonyl (C=O) groups is 1. The molecule has 2 heterocycles. The third-order valence-corrected chi connectivity index (χ3v) is 7.79. The van der Waals surface area contributed by atoms with Crippen LogP contribution in [0.4, 0.5) is 0 Å². The van der Waals surface area contributed by atoms with Crippen molar-refractivity contribution in [3.05, 3.63) is 87.6 Å². The van der Waals surface area contributed by atoms with Crippen molar-refractivity contribution in [3.63, 3.8) is 0 Å². The normalized spacial score (nSPS) is 17.1. The number of ether oxygens (including phenoxy) is 1. The molecule has 1 unspecified atom stereocenters. The van der Waals surface area contributed by atoms with Gasteiger partial charge in [-0.2, -0.15) is 4.31 Å². The second-order valence-corrected chi connectivity index (χ2v) is 9.39. The third-order valence-electron chi connectivity index (χ3n) is 4.92. The Bertz CT molecular complexity index is 1090. The maximum atomic E-state index is 13.5. The number of esters is 1. The van der Waals surface area contributed by atoms with Gasteiger partial charge in [0.05, 0.1) is 23.6 Å². The summed E-state index contributed by atoms with van der Waals surface area (Å²) in [6.07, 6.45) is 0.690. The molecule has 144 valence electrons. The summed E-state index contributed by atoms with van der Waals surface area (Å²) in [5.41, 5.74) is 2.30. The number of hydrogen-bond acceptors (Lipinski definition) is 5. The van der Waals surface area contributed by atoms with E-state index in [0.29, 0.717) is 18.5 Å². The van der Waals surface area contributed by atoms with Crippen LogP contribution in [-0.4, -0.2) is 32.3 Å². The minimum absolute atomic E-state index is 0.166. The van der Waals surface area contributed by atoms with Gasteiger partial charge in [0.1, 0.15) is 0 Å². The van der Waals surface area contributed by atoms with Crippen LogP contribution in [0, 0.1) is 0 Å². The molecule has 0 fully saturated rings. The van der Waals surface area contributed by atoms with Crippen LogP contribution in [0.2, 0.25) is 0 Å². The van der Waals surface area contributed by atoms with Crippen molar-refractivity contribution in [1.82, 2.24) is 4.31 Å². The number of rotatable bonds is 4. The second-order valence-electron chi connectivity index (χ2n) is 6.49. The van der Waals surface area contributed by atoms with Crippen molar-refractivity contribution >= 4 is 27.3 Å². The molecule has 0 saturated carbocycles. The number of carbonyl (C=O) groups excluding carboxylic acids is 1.